The zero-order valence-electron chi connectivity index (χ0n) is 12.0. The number of aryl methyl sites for hydroxylation is 1. The molecule has 0 aliphatic carbocycles. The number of hydrogen-bond donors (Lipinski definition) is 0. The van der Waals surface area contributed by atoms with E-state index in [-0.39, 0.29) is 11.7 Å². The van der Waals surface area contributed by atoms with Crippen LogP contribution in [0.15, 0.2) is 17.2 Å². The summed E-state index contributed by atoms with van der Waals surface area (Å²) in [5.41, 5.74) is -0.201. The monoisotopic (exact) mass is 294 g/mol. The Hall–Kier alpha value is -1.69. The highest BCUT2D eigenvalue weighted by Crippen LogP contribution is 2.20. The summed E-state index contributed by atoms with van der Waals surface area (Å²) in [7, 11) is 0. The van der Waals surface area contributed by atoms with Gasteiger partial charge in [-0.05, 0) is 33.3 Å². The molecule has 0 bridgehead atoms. The Balaban J connectivity index is 2.35. The molecule has 6 heteroatoms. The fraction of sp³-hybridized carbons (Fsp3) is 0.500. The van der Waals surface area contributed by atoms with Crippen molar-refractivity contribution >= 4 is 27.5 Å². The van der Waals surface area contributed by atoms with Crippen molar-refractivity contribution in [1.29, 1.82) is 0 Å². The van der Waals surface area contributed by atoms with Crippen molar-refractivity contribution in [1.82, 2.24) is 9.55 Å². The van der Waals surface area contributed by atoms with Gasteiger partial charge in [0.15, 0.2) is 0 Å². The predicted octanol–water partition coefficient (Wildman–Crippen LogP) is 2.67. The van der Waals surface area contributed by atoms with Crippen molar-refractivity contribution in [2.75, 3.05) is 0 Å². The number of fused-ring (bicyclic) bond motifs is 1. The van der Waals surface area contributed by atoms with Gasteiger partial charge in [0, 0.05) is 4.88 Å². The van der Waals surface area contributed by atoms with E-state index in [9.17, 15) is 9.59 Å². The number of rotatable bonds is 4. The van der Waals surface area contributed by atoms with Gasteiger partial charge in [0.1, 0.15) is 10.9 Å². The average Bonchev–Trinajstić information content (AvgIpc) is 2.79. The minimum atomic E-state index is -0.673. The quantitative estimate of drug-likeness (QED) is 0.813. The van der Waals surface area contributed by atoms with Crippen LogP contribution < -0.4 is 5.56 Å². The Morgan fingerprint density at radius 2 is 2.20 bits per heavy atom. The van der Waals surface area contributed by atoms with Gasteiger partial charge >= 0.3 is 5.97 Å². The lowest BCUT2D eigenvalue weighted by Crippen LogP contribution is -2.30. The second-order valence-corrected chi connectivity index (χ2v) is 6.10. The number of esters is 1. The largest absolute Gasteiger partial charge is 0.461 e. The Labute approximate surface area is 121 Å². The van der Waals surface area contributed by atoms with Crippen molar-refractivity contribution in [2.45, 2.75) is 46.3 Å². The molecule has 2 aromatic heterocycles. The van der Waals surface area contributed by atoms with Gasteiger partial charge in [0.05, 0.1) is 17.8 Å². The van der Waals surface area contributed by atoms with Gasteiger partial charge in [-0.15, -0.1) is 11.3 Å². The van der Waals surface area contributed by atoms with Gasteiger partial charge in [0.25, 0.3) is 5.56 Å². The molecule has 20 heavy (non-hydrogen) atoms. The molecule has 5 nitrogen and oxygen atoms in total. The van der Waals surface area contributed by atoms with Crippen LogP contribution in [0.4, 0.5) is 0 Å². The molecule has 0 aliphatic rings. The molecule has 2 heterocycles. The first kappa shape index (κ1) is 14.7. The summed E-state index contributed by atoms with van der Waals surface area (Å²) in [6, 6.07) is 1.13. The molecule has 0 aromatic carbocycles. The van der Waals surface area contributed by atoms with Crippen molar-refractivity contribution in [3.8, 4) is 0 Å². The van der Waals surface area contributed by atoms with Gasteiger partial charge in [-0.2, -0.15) is 0 Å². The zero-order valence-corrected chi connectivity index (χ0v) is 12.9. The van der Waals surface area contributed by atoms with Gasteiger partial charge in [0.2, 0.25) is 0 Å². The number of aromatic nitrogens is 2. The van der Waals surface area contributed by atoms with Crippen molar-refractivity contribution in [3.63, 3.8) is 0 Å². The van der Waals surface area contributed by atoms with Crippen molar-refractivity contribution < 1.29 is 9.53 Å². The Kier molecular flexibility index (Phi) is 4.23. The molecular formula is C14H18N2O3S. The Morgan fingerprint density at radius 1 is 1.50 bits per heavy atom. The van der Waals surface area contributed by atoms with E-state index in [0.29, 0.717) is 10.2 Å². The molecule has 2 aromatic rings. The highest BCUT2D eigenvalue weighted by atomic mass is 32.1. The predicted molar refractivity (Wildman–Crippen MR) is 79.2 cm³/mol. The van der Waals surface area contributed by atoms with E-state index in [0.717, 1.165) is 11.3 Å². The molecule has 108 valence electrons. The summed E-state index contributed by atoms with van der Waals surface area (Å²) in [5.74, 6) is -0.408. The summed E-state index contributed by atoms with van der Waals surface area (Å²) in [6.07, 6.45) is 2.01. The minimum Gasteiger partial charge on any atom is -0.461 e. The molecule has 0 fully saturated rings. The molecule has 0 spiro atoms. The first-order valence-corrected chi connectivity index (χ1v) is 7.43. The smallest absolute Gasteiger partial charge is 0.329 e. The van der Waals surface area contributed by atoms with E-state index in [1.54, 1.807) is 13.0 Å². The molecule has 0 saturated heterocycles. The highest BCUT2D eigenvalue weighted by molar-refractivity contribution is 7.18. The van der Waals surface area contributed by atoms with Gasteiger partial charge in [-0.1, -0.05) is 6.92 Å². The van der Waals surface area contributed by atoms with Crippen LogP contribution >= 0.6 is 11.3 Å². The van der Waals surface area contributed by atoms with E-state index >= 15 is 0 Å². The van der Waals surface area contributed by atoms with E-state index < -0.39 is 12.0 Å². The van der Waals surface area contributed by atoms with Gasteiger partial charge in [-0.3, -0.25) is 9.36 Å². The van der Waals surface area contributed by atoms with Gasteiger partial charge < -0.3 is 4.74 Å². The summed E-state index contributed by atoms with van der Waals surface area (Å²) in [6.45, 7) is 7.35. The topological polar surface area (TPSA) is 61.2 Å². The first-order valence-electron chi connectivity index (χ1n) is 6.61. The Bertz CT molecular complexity index is 689. The molecule has 2 unspecified atom stereocenters. The van der Waals surface area contributed by atoms with E-state index in [1.807, 2.05) is 20.8 Å². The van der Waals surface area contributed by atoms with E-state index in [1.165, 1.54) is 22.2 Å². The second-order valence-electron chi connectivity index (χ2n) is 4.86. The highest BCUT2D eigenvalue weighted by Gasteiger charge is 2.21. The van der Waals surface area contributed by atoms with Crippen LogP contribution in [-0.4, -0.2) is 21.6 Å². The zero-order chi connectivity index (χ0) is 14.9. The van der Waals surface area contributed by atoms with Crippen LogP contribution in [0.25, 0.3) is 10.2 Å². The lowest BCUT2D eigenvalue weighted by Gasteiger charge is -2.17. The maximum absolute atomic E-state index is 12.4. The maximum atomic E-state index is 12.4. The third-order valence-electron chi connectivity index (χ3n) is 3.25. The third-order valence-corrected chi connectivity index (χ3v) is 4.21. The van der Waals surface area contributed by atoms with Crippen molar-refractivity contribution in [2.24, 2.45) is 0 Å². The average molecular weight is 294 g/mol. The summed E-state index contributed by atoms with van der Waals surface area (Å²) < 4.78 is 6.60. The molecule has 2 rings (SSSR count). The molecule has 2 atom stereocenters. The molecule has 0 saturated carbocycles. The Morgan fingerprint density at radius 3 is 2.85 bits per heavy atom. The summed E-state index contributed by atoms with van der Waals surface area (Å²) in [4.78, 5) is 30.3. The fourth-order valence-electron chi connectivity index (χ4n) is 1.83. The SMILES string of the molecule is CCC(C)OC(=O)C(C)n1cnc2sc(C)cc2c1=O. The van der Waals surface area contributed by atoms with Crippen molar-refractivity contribution in [3.05, 3.63) is 27.6 Å². The molecule has 0 aliphatic heterocycles. The lowest BCUT2D eigenvalue weighted by molar-refractivity contribution is -0.152. The number of carbonyl (C=O) groups excluding carboxylic acids is 1. The second kappa shape index (κ2) is 5.75. The number of carbonyl (C=O) groups is 1. The van der Waals surface area contributed by atoms with Crippen LogP contribution in [0, 0.1) is 6.92 Å². The lowest BCUT2D eigenvalue weighted by atomic mass is 10.3. The van der Waals surface area contributed by atoms with Crippen LogP contribution in [0.1, 0.15) is 38.1 Å². The van der Waals surface area contributed by atoms with Crippen LogP contribution in [0.3, 0.4) is 0 Å². The standard InChI is InChI=1S/C14H18N2O3S/c1-5-8(2)19-14(18)10(4)16-7-15-12-11(13(16)17)6-9(3)20-12/h6-8,10H,5H2,1-4H3. The van der Waals surface area contributed by atoms with E-state index in [4.69, 9.17) is 4.74 Å². The van der Waals surface area contributed by atoms with E-state index in [2.05, 4.69) is 4.98 Å². The fourth-order valence-corrected chi connectivity index (χ4v) is 2.66. The first-order chi connectivity index (χ1) is 9.43. The summed E-state index contributed by atoms with van der Waals surface area (Å²) >= 11 is 1.47. The minimum absolute atomic E-state index is 0.152. The molecule has 0 radical (unpaired) electrons. The molecule has 0 N–H and O–H groups in total. The molecular weight excluding hydrogens is 276 g/mol. The van der Waals surface area contributed by atoms with Crippen LogP contribution in [0.5, 0.6) is 0 Å². The molecule has 0 amide bonds. The van der Waals surface area contributed by atoms with Crippen LogP contribution in [0.2, 0.25) is 0 Å². The normalized spacial score (nSPS) is 14.2. The third kappa shape index (κ3) is 2.75. The number of ether oxygens (including phenoxy) is 1. The van der Waals surface area contributed by atoms with Gasteiger partial charge in [-0.25, -0.2) is 9.78 Å². The number of hydrogen-bond acceptors (Lipinski definition) is 5. The summed E-state index contributed by atoms with van der Waals surface area (Å²) in [5, 5.41) is 0.554. The number of nitrogens with zero attached hydrogens (tertiary/aromatic N) is 2. The maximum Gasteiger partial charge on any atom is 0.329 e. The van der Waals surface area contributed by atoms with Crippen LogP contribution in [-0.2, 0) is 9.53 Å². The number of thiophene rings is 1.